The van der Waals surface area contributed by atoms with Crippen LogP contribution in [0.4, 0.5) is 15.8 Å². The number of nitrogens with one attached hydrogen (secondary N) is 2. The van der Waals surface area contributed by atoms with Crippen LogP contribution >= 0.6 is 0 Å². The zero-order valence-electron chi connectivity index (χ0n) is 10.3. The van der Waals surface area contributed by atoms with Crippen molar-refractivity contribution in [2.45, 2.75) is 44.1 Å². The minimum atomic E-state index is -0.324. The molecular weight excluding hydrogens is 231 g/mol. The van der Waals surface area contributed by atoms with Crippen LogP contribution < -0.4 is 10.6 Å². The van der Waals surface area contributed by atoms with Crippen LogP contribution in [0.15, 0.2) is 18.2 Å². The second-order valence-corrected chi connectivity index (χ2v) is 5.38. The maximum absolute atomic E-state index is 13.2. The molecule has 0 unspecified atom stereocenters. The largest absolute Gasteiger partial charge is 0.377 e. The van der Waals surface area contributed by atoms with E-state index in [2.05, 4.69) is 10.6 Å². The van der Waals surface area contributed by atoms with Crippen molar-refractivity contribution in [2.75, 3.05) is 10.6 Å². The molecule has 1 aliphatic carbocycles. The predicted octanol–water partition coefficient (Wildman–Crippen LogP) is 3.28. The van der Waals surface area contributed by atoms with Gasteiger partial charge in [-0.05, 0) is 31.0 Å². The summed E-state index contributed by atoms with van der Waals surface area (Å²) in [5.41, 5.74) is 1.26. The first-order chi connectivity index (χ1) is 8.67. The zero-order valence-corrected chi connectivity index (χ0v) is 10.3. The molecule has 1 saturated carbocycles. The number of hydrogen-bond donors (Lipinski definition) is 2. The maximum atomic E-state index is 13.2. The quantitative estimate of drug-likeness (QED) is 0.739. The van der Waals surface area contributed by atoms with Gasteiger partial charge in [-0.15, -0.1) is 0 Å². The Morgan fingerprint density at radius 2 is 1.89 bits per heavy atom. The van der Waals surface area contributed by atoms with Crippen molar-refractivity contribution in [3.63, 3.8) is 0 Å². The second kappa shape index (κ2) is 4.26. The van der Waals surface area contributed by atoms with Gasteiger partial charge in [-0.1, -0.05) is 19.3 Å². The summed E-state index contributed by atoms with van der Waals surface area (Å²) in [6.07, 6.45) is 6.03. The van der Waals surface area contributed by atoms with Gasteiger partial charge in [-0.2, -0.15) is 0 Å². The lowest BCUT2D eigenvalue weighted by Crippen LogP contribution is -2.41. The molecule has 1 aromatic rings. The third kappa shape index (κ3) is 2.07. The first-order valence-corrected chi connectivity index (χ1v) is 6.55. The topological polar surface area (TPSA) is 41.1 Å². The lowest BCUT2D eigenvalue weighted by atomic mass is 9.79. The number of anilines is 2. The van der Waals surface area contributed by atoms with Crippen LogP contribution in [0.25, 0.3) is 0 Å². The number of halogens is 1. The van der Waals surface area contributed by atoms with Crippen LogP contribution in [0.2, 0.25) is 0 Å². The molecule has 1 amide bonds. The lowest BCUT2D eigenvalue weighted by Gasteiger charge is -2.37. The molecule has 0 atom stereocenters. The summed E-state index contributed by atoms with van der Waals surface area (Å²) in [4.78, 5) is 12.0. The monoisotopic (exact) mass is 248 g/mol. The molecule has 2 N–H and O–H groups in total. The first-order valence-electron chi connectivity index (χ1n) is 6.55. The number of hydrogen-bond acceptors (Lipinski definition) is 2. The van der Waals surface area contributed by atoms with E-state index in [0.717, 1.165) is 31.4 Å². The summed E-state index contributed by atoms with van der Waals surface area (Å²) < 4.78 is 13.2. The van der Waals surface area contributed by atoms with Crippen molar-refractivity contribution in [3.05, 3.63) is 24.0 Å². The molecule has 1 aromatic carbocycles. The number of fused-ring (bicyclic) bond motifs is 1. The molecule has 0 bridgehead atoms. The van der Waals surface area contributed by atoms with Gasteiger partial charge in [0.1, 0.15) is 5.82 Å². The van der Waals surface area contributed by atoms with Gasteiger partial charge in [-0.3, -0.25) is 4.79 Å². The fourth-order valence-corrected chi connectivity index (χ4v) is 3.09. The molecule has 18 heavy (non-hydrogen) atoms. The highest BCUT2D eigenvalue weighted by molar-refractivity contribution is 5.97. The van der Waals surface area contributed by atoms with E-state index in [9.17, 15) is 9.18 Å². The first kappa shape index (κ1) is 11.5. The molecule has 1 heterocycles. The number of carbonyl (C=O) groups is 1. The van der Waals surface area contributed by atoms with Gasteiger partial charge >= 0.3 is 0 Å². The molecule has 4 heteroatoms. The fraction of sp³-hybridized carbons (Fsp3) is 0.500. The van der Waals surface area contributed by atoms with Gasteiger partial charge in [0, 0.05) is 12.0 Å². The van der Waals surface area contributed by atoms with Crippen molar-refractivity contribution in [2.24, 2.45) is 0 Å². The van der Waals surface area contributed by atoms with Gasteiger partial charge in [0.15, 0.2) is 0 Å². The molecule has 2 aliphatic rings. The lowest BCUT2D eigenvalue weighted by molar-refractivity contribution is -0.117. The predicted molar refractivity (Wildman–Crippen MR) is 69.1 cm³/mol. The van der Waals surface area contributed by atoms with Crippen LogP contribution in [0.1, 0.15) is 38.5 Å². The van der Waals surface area contributed by atoms with E-state index in [4.69, 9.17) is 0 Å². The summed E-state index contributed by atoms with van der Waals surface area (Å²) in [6, 6.07) is 4.52. The zero-order chi connectivity index (χ0) is 12.6. The minimum Gasteiger partial charge on any atom is -0.377 e. The van der Waals surface area contributed by atoms with E-state index in [0.29, 0.717) is 12.1 Å². The molecular formula is C14H17FN2O. The summed E-state index contributed by atoms with van der Waals surface area (Å²) in [5.74, 6) is -0.343. The highest BCUT2D eigenvalue weighted by atomic mass is 19.1. The van der Waals surface area contributed by atoms with Gasteiger partial charge in [0.05, 0.1) is 11.4 Å². The summed E-state index contributed by atoms with van der Waals surface area (Å²) in [7, 11) is 0. The Hall–Kier alpha value is -1.58. The Morgan fingerprint density at radius 3 is 2.67 bits per heavy atom. The average Bonchev–Trinajstić information content (AvgIpc) is 2.45. The smallest absolute Gasteiger partial charge is 0.226 e. The van der Waals surface area contributed by atoms with E-state index in [1.165, 1.54) is 18.6 Å². The Morgan fingerprint density at radius 1 is 1.11 bits per heavy atom. The third-order valence-electron chi connectivity index (χ3n) is 3.97. The number of amides is 1. The fourth-order valence-electron chi connectivity index (χ4n) is 3.09. The van der Waals surface area contributed by atoms with Gasteiger partial charge in [-0.25, -0.2) is 4.39 Å². The van der Waals surface area contributed by atoms with Crippen LogP contribution in [-0.2, 0) is 4.79 Å². The molecule has 1 aliphatic heterocycles. The second-order valence-electron chi connectivity index (χ2n) is 5.38. The summed E-state index contributed by atoms with van der Waals surface area (Å²) >= 11 is 0. The van der Waals surface area contributed by atoms with E-state index < -0.39 is 0 Å². The van der Waals surface area contributed by atoms with E-state index in [1.54, 1.807) is 6.07 Å². The van der Waals surface area contributed by atoms with Gasteiger partial charge < -0.3 is 10.6 Å². The Kier molecular flexibility index (Phi) is 2.73. The molecule has 3 rings (SSSR count). The SMILES string of the molecule is O=C1CC2(CCCCC2)Nc2ccc(F)cc2N1. The van der Waals surface area contributed by atoms with Crippen molar-refractivity contribution < 1.29 is 9.18 Å². The highest BCUT2D eigenvalue weighted by Crippen LogP contribution is 2.39. The van der Waals surface area contributed by atoms with Crippen LogP contribution in [-0.4, -0.2) is 11.4 Å². The van der Waals surface area contributed by atoms with Crippen LogP contribution in [0.3, 0.4) is 0 Å². The number of carbonyl (C=O) groups excluding carboxylic acids is 1. The van der Waals surface area contributed by atoms with Crippen LogP contribution in [0, 0.1) is 5.82 Å². The van der Waals surface area contributed by atoms with E-state index in [1.807, 2.05) is 0 Å². The minimum absolute atomic E-state index is 0.0197. The molecule has 1 spiro atoms. The van der Waals surface area contributed by atoms with Crippen LogP contribution in [0.5, 0.6) is 0 Å². The standard InChI is InChI=1S/C14H17FN2O/c15-10-4-5-11-12(8-10)16-13(18)9-14(17-11)6-2-1-3-7-14/h4-5,8,17H,1-3,6-7,9H2,(H,16,18). The van der Waals surface area contributed by atoms with Gasteiger partial charge in [0.2, 0.25) is 5.91 Å². The third-order valence-corrected chi connectivity index (χ3v) is 3.97. The summed E-state index contributed by atoms with van der Waals surface area (Å²) in [5, 5.41) is 6.28. The Balaban J connectivity index is 1.97. The highest BCUT2D eigenvalue weighted by Gasteiger charge is 2.36. The van der Waals surface area contributed by atoms with Crippen molar-refractivity contribution in [3.8, 4) is 0 Å². The molecule has 0 saturated heterocycles. The molecule has 3 nitrogen and oxygen atoms in total. The number of benzene rings is 1. The van der Waals surface area contributed by atoms with Gasteiger partial charge in [0.25, 0.3) is 0 Å². The van der Waals surface area contributed by atoms with E-state index >= 15 is 0 Å². The van der Waals surface area contributed by atoms with Crippen molar-refractivity contribution in [1.29, 1.82) is 0 Å². The normalized spacial score (nSPS) is 21.7. The van der Waals surface area contributed by atoms with E-state index in [-0.39, 0.29) is 17.3 Å². The Labute approximate surface area is 106 Å². The van der Waals surface area contributed by atoms with Crippen molar-refractivity contribution >= 4 is 17.3 Å². The molecule has 1 fully saturated rings. The summed E-state index contributed by atoms with van der Waals surface area (Å²) in [6.45, 7) is 0. The maximum Gasteiger partial charge on any atom is 0.226 e. The van der Waals surface area contributed by atoms with Crippen molar-refractivity contribution in [1.82, 2.24) is 0 Å². The number of rotatable bonds is 0. The molecule has 0 aromatic heterocycles. The Bertz CT molecular complexity index is 481. The molecule has 96 valence electrons. The average molecular weight is 248 g/mol. The molecule has 0 radical (unpaired) electrons.